The number of esters is 1. The van der Waals surface area contributed by atoms with Gasteiger partial charge in [-0.1, -0.05) is 12.1 Å². The van der Waals surface area contributed by atoms with Gasteiger partial charge in [0.1, 0.15) is 11.3 Å². The molecule has 132 valence electrons. The van der Waals surface area contributed by atoms with Gasteiger partial charge in [0.05, 0.1) is 28.9 Å². The number of hydrogen-bond donors (Lipinski definition) is 0. The molecule has 0 aliphatic heterocycles. The summed E-state index contributed by atoms with van der Waals surface area (Å²) in [5.74, 6) is -0.338. The van der Waals surface area contributed by atoms with Gasteiger partial charge in [-0.15, -0.1) is 0 Å². The average Bonchev–Trinajstić information content (AvgIpc) is 2.64. The smallest absolute Gasteiger partial charge is 0.310 e. The van der Waals surface area contributed by atoms with Gasteiger partial charge in [0, 0.05) is 17.7 Å². The highest BCUT2D eigenvalue weighted by Crippen LogP contribution is 2.28. The molecule has 0 radical (unpaired) electrons. The summed E-state index contributed by atoms with van der Waals surface area (Å²) in [4.78, 5) is 35.1. The number of carbonyl (C=O) groups is 1. The SMILES string of the molecule is CCOC(=O)Cc1c(-c2ccc([N+](=O)[O-])cc2)oc2ccccc2c1=O. The van der Waals surface area contributed by atoms with Gasteiger partial charge >= 0.3 is 5.97 Å². The summed E-state index contributed by atoms with van der Waals surface area (Å²) in [6.45, 7) is 1.88. The summed E-state index contributed by atoms with van der Waals surface area (Å²) in [5, 5.41) is 11.2. The van der Waals surface area contributed by atoms with Crippen molar-refractivity contribution < 1.29 is 18.9 Å². The third kappa shape index (κ3) is 3.32. The zero-order valence-electron chi connectivity index (χ0n) is 13.9. The number of carbonyl (C=O) groups excluding carboxylic acids is 1. The molecule has 0 N–H and O–H groups in total. The van der Waals surface area contributed by atoms with Crippen molar-refractivity contribution >= 4 is 22.6 Å². The first-order valence-electron chi connectivity index (χ1n) is 7.96. The molecule has 3 aromatic rings. The normalized spacial score (nSPS) is 10.7. The maximum absolute atomic E-state index is 12.9. The van der Waals surface area contributed by atoms with E-state index in [1.165, 1.54) is 24.3 Å². The standard InChI is InChI=1S/C19H15NO6/c1-2-25-17(21)11-15-18(22)14-5-3-4-6-16(14)26-19(15)12-7-9-13(10-8-12)20(23)24/h3-10H,2,11H2,1H3. The van der Waals surface area contributed by atoms with Crippen LogP contribution in [0.4, 0.5) is 5.69 Å². The van der Waals surface area contributed by atoms with E-state index in [1.54, 1.807) is 31.2 Å². The molecule has 0 spiro atoms. The monoisotopic (exact) mass is 353 g/mol. The summed E-state index contributed by atoms with van der Waals surface area (Å²) >= 11 is 0. The number of nitrogens with zero attached hydrogens (tertiary/aromatic N) is 1. The van der Waals surface area contributed by atoms with E-state index in [0.717, 1.165) is 0 Å². The van der Waals surface area contributed by atoms with Gasteiger partial charge < -0.3 is 9.15 Å². The van der Waals surface area contributed by atoms with E-state index in [0.29, 0.717) is 16.5 Å². The van der Waals surface area contributed by atoms with Crippen LogP contribution < -0.4 is 5.43 Å². The molecular formula is C19H15NO6. The summed E-state index contributed by atoms with van der Waals surface area (Å²) in [6.07, 6.45) is -0.243. The van der Waals surface area contributed by atoms with E-state index in [1.807, 2.05) is 0 Å². The minimum atomic E-state index is -0.543. The van der Waals surface area contributed by atoms with Gasteiger partial charge in [-0.25, -0.2) is 0 Å². The van der Waals surface area contributed by atoms with Gasteiger partial charge in [-0.3, -0.25) is 19.7 Å². The predicted molar refractivity (Wildman–Crippen MR) is 94.9 cm³/mol. The lowest BCUT2D eigenvalue weighted by Gasteiger charge is -2.10. The van der Waals surface area contributed by atoms with Crippen LogP contribution in [0.1, 0.15) is 12.5 Å². The summed E-state index contributed by atoms with van der Waals surface area (Å²) in [6, 6.07) is 12.3. The Balaban J connectivity index is 2.19. The Bertz CT molecular complexity index is 1040. The van der Waals surface area contributed by atoms with Crippen LogP contribution >= 0.6 is 0 Å². The van der Waals surface area contributed by atoms with E-state index in [2.05, 4.69) is 0 Å². The lowest BCUT2D eigenvalue weighted by molar-refractivity contribution is -0.384. The molecule has 0 atom stereocenters. The molecule has 2 aromatic carbocycles. The lowest BCUT2D eigenvalue weighted by Crippen LogP contribution is -2.17. The minimum absolute atomic E-state index is 0.0798. The Labute approximate surface area is 148 Å². The second-order valence-electron chi connectivity index (χ2n) is 5.52. The summed E-state index contributed by atoms with van der Waals surface area (Å²) in [7, 11) is 0. The molecule has 1 aromatic heterocycles. The van der Waals surface area contributed by atoms with Gasteiger partial charge in [-0.2, -0.15) is 0 Å². The third-order valence-electron chi connectivity index (χ3n) is 3.86. The Kier molecular flexibility index (Phi) is 4.79. The van der Waals surface area contributed by atoms with Crippen molar-refractivity contribution in [2.45, 2.75) is 13.3 Å². The minimum Gasteiger partial charge on any atom is -0.466 e. The molecule has 1 heterocycles. The molecule has 0 unspecified atom stereocenters. The Morgan fingerprint density at radius 1 is 1.15 bits per heavy atom. The summed E-state index contributed by atoms with van der Waals surface area (Å²) in [5.41, 5.74) is 0.601. The number of nitro benzene ring substituents is 1. The second-order valence-corrected chi connectivity index (χ2v) is 5.52. The molecule has 0 saturated heterocycles. The highest BCUT2D eigenvalue weighted by Gasteiger charge is 2.20. The topological polar surface area (TPSA) is 99.7 Å². The van der Waals surface area contributed by atoms with Crippen molar-refractivity contribution in [1.29, 1.82) is 0 Å². The second kappa shape index (κ2) is 7.18. The van der Waals surface area contributed by atoms with E-state index in [9.17, 15) is 19.7 Å². The van der Waals surface area contributed by atoms with Gasteiger partial charge in [0.25, 0.3) is 5.69 Å². The number of fused-ring (bicyclic) bond motifs is 1. The van der Waals surface area contributed by atoms with E-state index in [-0.39, 0.29) is 35.5 Å². The van der Waals surface area contributed by atoms with Gasteiger partial charge in [0.2, 0.25) is 0 Å². The zero-order valence-corrected chi connectivity index (χ0v) is 13.9. The van der Waals surface area contributed by atoms with Crippen LogP contribution in [0.25, 0.3) is 22.3 Å². The maximum Gasteiger partial charge on any atom is 0.310 e. The molecule has 3 rings (SSSR count). The van der Waals surface area contributed by atoms with Gasteiger partial charge in [-0.05, 0) is 31.2 Å². The first-order chi connectivity index (χ1) is 12.5. The summed E-state index contributed by atoms with van der Waals surface area (Å²) < 4.78 is 10.8. The van der Waals surface area contributed by atoms with Crippen molar-refractivity contribution in [3.05, 3.63) is 74.4 Å². The van der Waals surface area contributed by atoms with Crippen LogP contribution in [0.5, 0.6) is 0 Å². The number of ether oxygens (including phenoxy) is 1. The van der Waals surface area contributed by atoms with Crippen molar-refractivity contribution in [1.82, 2.24) is 0 Å². The lowest BCUT2D eigenvalue weighted by atomic mass is 10.0. The van der Waals surface area contributed by atoms with Crippen molar-refractivity contribution in [3.8, 4) is 11.3 Å². The molecule has 0 saturated carbocycles. The molecular weight excluding hydrogens is 338 g/mol. The van der Waals surface area contributed by atoms with Crippen molar-refractivity contribution in [3.63, 3.8) is 0 Å². The quantitative estimate of drug-likeness (QED) is 0.395. The Hall–Kier alpha value is -3.48. The van der Waals surface area contributed by atoms with Crippen LogP contribution in [0.2, 0.25) is 0 Å². The first kappa shape index (κ1) is 17.3. The molecule has 0 aliphatic carbocycles. The average molecular weight is 353 g/mol. The highest BCUT2D eigenvalue weighted by molar-refractivity contribution is 5.83. The number of rotatable bonds is 5. The predicted octanol–water partition coefficient (Wildman–Crippen LogP) is 3.47. The Morgan fingerprint density at radius 3 is 2.50 bits per heavy atom. The largest absolute Gasteiger partial charge is 0.466 e. The fraction of sp³-hybridized carbons (Fsp3) is 0.158. The molecule has 0 amide bonds. The molecule has 0 aliphatic rings. The van der Waals surface area contributed by atoms with Crippen LogP contribution in [0.15, 0.2) is 57.7 Å². The highest BCUT2D eigenvalue weighted by atomic mass is 16.6. The van der Waals surface area contributed by atoms with Crippen LogP contribution in [-0.2, 0) is 16.0 Å². The number of benzene rings is 2. The molecule has 7 heteroatoms. The van der Waals surface area contributed by atoms with Crippen molar-refractivity contribution in [2.75, 3.05) is 6.61 Å². The van der Waals surface area contributed by atoms with Crippen molar-refractivity contribution in [2.24, 2.45) is 0 Å². The first-order valence-corrected chi connectivity index (χ1v) is 7.96. The molecule has 7 nitrogen and oxygen atoms in total. The van der Waals surface area contributed by atoms with E-state index in [4.69, 9.17) is 9.15 Å². The number of hydrogen-bond acceptors (Lipinski definition) is 6. The number of non-ortho nitro benzene ring substituents is 1. The van der Waals surface area contributed by atoms with Crippen LogP contribution in [-0.4, -0.2) is 17.5 Å². The van der Waals surface area contributed by atoms with Crippen LogP contribution in [0.3, 0.4) is 0 Å². The molecule has 0 fully saturated rings. The molecule has 0 bridgehead atoms. The zero-order chi connectivity index (χ0) is 18.7. The van der Waals surface area contributed by atoms with Gasteiger partial charge in [0.15, 0.2) is 5.43 Å². The maximum atomic E-state index is 12.9. The fourth-order valence-electron chi connectivity index (χ4n) is 2.67. The number of nitro groups is 1. The Morgan fingerprint density at radius 2 is 1.85 bits per heavy atom. The molecule has 26 heavy (non-hydrogen) atoms. The fourth-order valence-corrected chi connectivity index (χ4v) is 2.67. The third-order valence-corrected chi connectivity index (χ3v) is 3.86. The van der Waals surface area contributed by atoms with Crippen LogP contribution in [0, 0.1) is 10.1 Å². The van der Waals surface area contributed by atoms with E-state index >= 15 is 0 Å². The number of para-hydroxylation sites is 1. The van der Waals surface area contributed by atoms with E-state index < -0.39 is 10.9 Å².